The Morgan fingerprint density at radius 1 is 1.44 bits per heavy atom. The van der Waals surface area contributed by atoms with Crippen LogP contribution in [0, 0.1) is 5.82 Å². The van der Waals surface area contributed by atoms with Gasteiger partial charge in [0.1, 0.15) is 11.3 Å². The van der Waals surface area contributed by atoms with Gasteiger partial charge in [-0.3, -0.25) is 15.0 Å². The molecule has 0 saturated heterocycles. The lowest BCUT2D eigenvalue weighted by Crippen LogP contribution is -2.38. The normalized spacial score (nSPS) is 16.2. The SMILES string of the molecule is O=c1nc2c(F)c(Cl)cc3c2c2n1CCCN2N3. The van der Waals surface area contributed by atoms with E-state index >= 15 is 0 Å². The fraction of sp³-hybridized carbons (Fsp3) is 0.273. The predicted octanol–water partition coefficient (Wildman–Crippen LogP) is 1.74. The summed E-state index contributed by atoms with van der Waals surface area (Å²) in [7, 11) is 0. The first kappa shape index (κ1) is 10.1. The zero-order valence-corrected chi connectivity index (χ0v) is 9.96. The highest BCUT2D eigenvalue weighted by Crippen LogP contribution is 2.41. The second-order valence-electron chi connectivity index (χ2n) is 4.43. The molecule has 5 nitrogen and oxygen atoms in total. The number of nitrogens with one attached hydrogen (secondary N) is 1. The number of hydrogen-bond acceptors (Lipinski definition) is 4. The minimum atomic E-state index is -0.634. The molecule has 1 aromatic carbocycles. The summed E-state index contributed by atoms with van der Waals surface area (Å²) >= 11 is 5.81. The Balaban J connectivity index is 2.26. The third-order valence-corrected chi connectivity index (χ3v) is 3.66. The molecule has 0 saturated carbocycles. The van der Waals surface area contributed by atoms with Crippen molar-refractivity contribution in [2.24, 2.45) is 0 Å². The molecule has 2 aliphatic rings. The number of rotatable bonds is 0. The maximum atomic E-state index is 14.0. The van der Waals surface area contributed by atoms with Crippen LogP contribution in [0.4, 0.5) is 15.9 Å². The second kappa shape index (κ2) is 3.14. The number of anilines is 2. The molecule has 0 amide bonds. The largest absolute Gasteiger partial charge is 0.349 e. The third kappa shape index (κ3) is 1.06. The summed E-state index contributed by atoms with van der Waals surface area (Å²) in [6, 6.07) is 1.53. The Morgan fingerprint density at radius 3 is 3.11 bits per heavy atom. The van der Waals surface area contributed by atoms with Crippen LogP contribution < -0.4 is 16.1 Å². The van der Waals surface area contributed by atoms with Crippen LogP contribution in [0.15, 0.2) is 10.9 Å². The summed E-state index contributed by atoms with van der Waals surface area (Å²) in [5, 5.41) is 2.46. The summed E-state index contributed by atoms with van der Waals surface area (Å²) < 4.78 is 15.5. The van der Waals surface area contributed by atoms with E-state index in [1.54, 1.807) is 4.57 Å². The van der Waals surface area contributed by atoms with Gasteiger partial charge >= 0.3 is 5.69 Å². The van der Waals surface area contributed by atoms with E-state index in [1.165, 1.54) is 6.07 Å². The van der Waals surface area contributed by atoms with E-state index in [0.717, 1.165) is 13.0 Å². The summed E-state index contributed by atoms with van der Waals surface area (Å²) in [5.41, 5.74) is 3.45. The lowest BCUT2D eigenvalue weighted by molar-refractivity contribution is 0.561. The van der Waals surface area contributed by atoms with E-state index in [9.17, 15) is 9.18 Å². The van der Waals surface area contributed by atoms with E-state index < -0.39 is 11.5 Å². The molecule has 2 aromatic rings. The minimum absolute atomic E-state index is 0.0262. The zero-order valence-electron chi connectivity index (χ0n) is 9.20. The molecule has 1 aromatic heterocycles. The first-order chi connectivity index (χ1) is 8.66. The van der Waals surface area contributed by atoms with E-state index in [2.05, 4.69) is 10.4 Å². The van der Waals surface area contributed by atoms with Crippen LogP contribution in [0.5, 0.6) is 0 Å². The van der Waals surface area contributed by atoms with Crippen molar-refractivity contribution in [3.8, 4) is 0 Å². The highest BCUT2D eigenvalue weighted by atomic mass is 35.5. The fourth-order valence-corrected chi connectivity index (χ4v) is 2.84. The van der Waals surface area contributed by atoms with E-state index in [4.69, 9.17) is 11.6 Å². The van der Waals surface area contributed by atoms with Crippen LogP contribution >= 0.6 is 11.6 Å². The van der Waals surface area contributed by atoms with Gasteiger partial charge in [-0.05, 0) is 12.5 Å². The number of hydrazine groups is 1. The van der Waals surface area contributed by atoms with Crippen LogP contribution in [0.1, 0.15) is 6.42 Å². The Bertz CT molecular complexity index is 757. The number of nitrogens with zero attached hydrogens (tertiary/aromatic N) is 3. The molecule has 0 spiro atoms. The third-order valence-electron chi connectivity index (χ3n) is 3.39. The van der Waals surface area contributed by atoms with Gasteiger partial charge < -0.3 is 0 Å². The van der Waals surface area contributed by atoms with E-state index in [1.807, 2.05) is 5.01 Å². The Labute approximate surface area is 106 Å². The molecule has 7 heteroatoms. The molecule has 2 aliphatic heterocycles. The van der Waals surface area contributed by atoms with Crippen molar-refractivity contribution in [3.63, 3.8) is 0 Å². The summed E-state index contributed by atoms with van der Waals surface area (Å²) in [4.78, 5) is 15.7. The Kier molecular flexibility index (Phi) is 1.77. The van der Waals surface area contributed by atoms with Gasteiger partial charge in [0.2, 0.25) is 0 Å². The molecule has 18 heavy (non-hydrogen) atoms. The summed E-state index contributed by atoms with van der Waals surface area (Å²) in [5.74, 6) is 0.0620. The van der Waals surface area contributed by atoms with Crippen LogP contribution in [-0.2, 0) is 6.54 Å². The first-order valence-electron chi connectivity index (χ1n) is 5.63. The van der Waals surface area contributed by atoms with Crippen LogP contribution in [0.25, 0.3) is 10.9 Å². The van der Waals surface area contributed by atoms with Gasteiger partial charge in [-0.2, -0.15) is 4.98 Å². The maximum absolute atomic E-state index is 14.0. The molecule has 3 heterocycles. The van der Waals surface area contributed by atoms with Gasteiger partial charge in [-0.1, -0.05) is 11.6 Å². The molecule has 0 bridgehead atoms. The van der Waals surface area contributed by atoms with Crippen molar-refractivity contribution in [2.45, 2.75) is 13.0 Å². The van der Waals surface area contributed by atoms with Crippen molar-refractivity contribution in [1.82, 2.24) is 9.55 Å². The maximum Gasteiger partial charge on any atom is 0.349 e. The highest BCUT2D eigenvalue weighted by molar-refractivity contribution is 6.32. The average Bonchev–Trinajstić information content (AvgIpc) is 2.71. The molecule has 0 radical (unpaired) electrons. The second-order valence-corrected chi connectivity index (χ2v) is 4.84. The lowest BCUT2D eigenvalue weighted by Gasteiger charge is -2.27. The van der Waals surface area contributed by atoms with Gasteiger partial charge in [0.05, 0.1) is 16.1 Å². The standard InChI is InChI=1S/C11H8ClFN4O/c12-5-4-6-7-9(8(5)13)14-11(18)16-2-1-3-17(15-6)10(7)16/h4,15H,1-3H2. The molecule has 0 unspecified atom stereocenters. The molecule has 1 N–H and O–H groups in total. The van der Waals surface area contributed by atoms with Crippen molar-refractivity contribution < 1.29 is 4.39 Å². The van der Waals surface area contributed by atoms with Crippen LogP contribution in [0.2, 0.25) is 5.02 Å². The molecule has 92 valence electrons. The summed E-state index contributed by atoms with van der Waals surface area (Å²) in [6.07, 6.45) is 0.845. The zero-order chi connectivity index (χ0) is 12.4. The molecular weight excluding hydrogens is 259 g/mol. The van der Waals surface area contributed by atoms with E-state index in [0.29, 0.717) is 23.4 Å². The number of hydrogen-bond donors (Lipinski definition) is 1. The molecule has 0 atom stereocenters. The molecule has 4 rings (SSSR count). The quantitative estimate of drug-likeness (QED) is 0.789. The average molecular weight is 267 g/mol. The number of halogens is 2. The van der Waals surface area contributed by atoms with Gasteiger partial charge in [-0.15, -0.1) is 0 Å². The predicted molar refractivity (Wildman–Crippen MR) is 66.6 cm³/mol. The molecule has 0 fully saturated rings. The Hall–Kier alpha value is -1.82. The van der Waals surface area contributed by atoms with Crippen molar-refractivity contribution in [1.29, 1.82) is 0 Å². The van der Waals surface area contributed by atoms with Crippen molar-refractivity contribution in [2.75, 3.05) is 17.0 Å². The van der Waals surface area contributed by atoms with E-state index in [-0.39, 0.29) is 10.5 Å². The van der Waals surface area contributed by atoms with Crippen molar-refractivity contribution in [3.05, 3.63) is 27.4 Å². The number of benzene rings is 1. The summed E-state index contributed by atoms with van der Waals surface area (Å²) in [6.45, 7) is 1.38. The van der Waals surface area contributed by atoms with Gasteiger partial charge in [-0.25, -0.2) is 9.18 Å². The minimum Gasteiger partial charge on any atom is -0.296 e. The van der Waals surface area contributed by atoms with Crippen LogP contribution in [0.3, 0.4) is 0 Å². The molecule has 0 aliphatic carbocycles. The lowest BCUT2D eigenvalue weighted by atomic mass is 10.2. The Morgan fingerprint density at radius 2 is 2.28 bits per heavy atom. The molecular formula is C11H8ClFN4O. The monoisotopic (exact) mass is 266 g/mol. The van der Waals surface area contributed by atoms with Crippen molar-refractivity contribution >= 4 is 34.0 Å². The fourth-order valence-electron chi connectivity index (χ4n) is 2.64. The van der Waals surface area contributed by atoms with Gasteiger partial charge in [0, 0.05) is 13.1 Å². The topological polar surface area (TPSA) is 50.2 Å². The first-order valence-corrected chi connectivity index (χ1v) is 6.01. The van der Waals surface area contributed by atoms with Crippen LogP contribution in [-0.4, -0.2) is 16.1 Å². The highest BCUT2D eigenvalue weighted by Gasteiger charge is 2.31. The smallest absolute Gasteiger partial charge is 0.296 e. The number of aromatic nitrogens is 2. The van der Waals surface area contributed by atoms with Gasteiger partial charge in [0.15, 0.2) is 5.82 Å². The van der Waals surface area contributed by atoms with Gasteiger partial charge in [0.25, 0.3) is 0 Å².